The van der Waals surface area contributed by atoms with Crippen LogP contribution >= 0.6 is 0 Å². The Labute approximate surface area is 74.2 Å². The predicted molar refractivity (Wildman–Crippen MR) is 41.8 cm³/mol. The van der Waals surface area contributed by atoms with Crippen molar-refractivity contribution in [2.45, 2.75) is 24.4 Å². The fourth-order valence-corrected chi connectivity index (χ4v) is 1.20. The summed E-state index contributed by atoms with van der Waals surface area (Å²) in [5.74, 6) is 0. The number of aliphatic hydroxyl groups is 3. The number of hydrogen-bond donors (Lipinski definition) is 3. The van der Waals surface area contributed by atoms with Crippen LogP contribution in [0.5, 0.6) is 0 Å². The van der Waals surface area contributed by atoms with Crippen molar-refractivity contribution in [2.75, 3.05) is 13.2 Å². The Bertz CT molecular complexity index is 218. The van der Waals surface area contributed by atoms with E-state index in [1.165, 1.54) is 0 Å². The Kier molecular flexibility index (Phi) is 3.47. The molecule has 0 spiro atoms. The Balaban J connectivity index is 2.63. The minimum Gasteiger partial charge on any atom is -0.394 e. The van der Waals surface area contributed by atoms with E-state index in [0.29, 0.717) is 0 Å². The van der Waals surface area contributed by atoms with Gasteiger partial charge in [-0.1, -0.05) is 5.11 Å². The van der Waals surface area contributed by atoms with Gasteiger partial charge in [-0.15, -0.1) is 0 Å². The van der Waals surface area contributed by atoms with Crippen molar-refractivity contribution in [1.29, 1.82) is 0 Å². The van der Waals surface area contributed by atoms with Crippen molar-refractivity contribution in [2.24, 2.45) is 5.11 Å². The molecule has 0 aromatic rings. The highest BCUT2D eigenvalue weighted by atomic mass is 16.5. The molecule has 1 rings (SSSR count). The summed E-state index contributed by atoms with van der Waals surface area (Å²) in [7, 11) is 0. The van der Waals surface area contributed by atoms with Crippen LogP contribution in [0.25, 0.3) is 10.4 Å². The molecule has 0 radical (unpaired) electrons. The highest BCUT2D eigenvalue weighted by molar-refractivity contribution is 4.90. The molecule has 0 aromatic carbocycles. The first-order chi connectivity index (χ1) is 6.20. The highest BCUT2D eigenvalue weighted by Gasteiger charge is 2.37. The molecule has 0 saturated carbocycles. The summed E-state index contributed by atoms with van der Waals surface area (Å²) in [5, 5.41) is 30.6. The van der Waals surface area contributed by atoms with Crippen LogP contribution in [0.1, 0.15) is 0 Å². The third kappa shape index (κ3) is 2.09. The lowest BCUT2D eigenvalue weighted by molar-refractivity contribution is -0.155. The molecular weight excluding hydrogens is 178 g/mol. The second-order valence-corrected chi connectivity index (χ2v) is 2.81. The Morgan fingerprint density at radius 3 is 2.69 bits per heavy atom. The zero-order valence-corrected chi connectivity index (χ0v) is 6.82. The van der Waals surface area contributed by atoms with Crippen LogP contribution in [-0.4, -0.2) is 52.9 Å². The van der Waals surface area contributed by atoms with Crippen LogP contribution in [0.2, 0.25) is 0 Å². The second-order valence-electron chi connectivity index (χ2n) is 2.81. The van der Waals surface area contributed by atoms with Crippen LogP contribution in [-0.2, 0) is 4.74 Å². The Hall–Kier alpha value is -0.850. The van der Waals surface area contributed by atoms with Crippen LogP contribution in [0, 0.1) is 0 Å². The standard InChI is InChI=1S/C6H11N3O4/c7-9-8-3-2-13-4(1-10)6(12)5(3)11/h3-6,10-12H,1-2H2/t3-,4+,5+,6+/m0/s1. The average Bonchev–Trinajstić information content (AvgIpc) is 2.14. The maximum Gasteiger partial charge on any atom is 0.109 e. The first kappa shape index (κ1) is 10.2. The molecule has 7 heteroatoms. The van der Waals surface area contributed by atoms with Gasteiger partial charge in [0.25, 0.3) is 0 Å². The van der Waals surface area contributed by atoms with E-state index in [9.17, 15) is 10.2 Å². The Morgan fingerprint density at radius 2 is 2.15 bits per heavy atom. The van der Waals surface area contributed by atoms with E-state index in [0.717, 1.165) is 0 Å². The lowest BCUT2D eigenvalue weighted by Gasteiger charge is -2.34. The van der Waals surface area contributed by atoms with E-state index in [4.69, 9.17) is 15.4 Å². The van der Waals surface area contributed by atoms with E-state index in [2.05, 4.69) is 10.0 Å². The molecule has 7 nitrogen and oxygen atoms in total. The van der Waals surface area contributed by atoms with E-state index < -0.39 is 24.4 Å². The van der Waals surface area contributed by atoms with Gasteiger partial charge in [-0.3, -0.25) is 0 Å². The van der Waals surface area contributed by atoms with E-state index in [-0.39, 0.29) is 13.2 Å². The van der Waals surface area contributed by atoms with Crippen LogP contribution in [0.15, 0.2) is 5.11 Å². The minimum atomic E-state index is -1.21. The quantitative estimate of drug-likeness (QED) is 0.286. The van der Waals surface area contributed by atoms with Gasteiger partial charge < -0.3 is 20.1 Å². The summed E-state index contributed by atoms with van der Waals surface area (Å²) in [4.78, 5) is 2.51. The zero-order chi connectivity index (χ0) is 9.84. The smallest absolute Gasteiger partial charge is 0.109 e. The molecule has 4 atom stereocenters. The minimum absolute atomic E-state index is 0.00745. The van der Waals surface area contributed by atoms with Gasteiger partial charge in [-0.05, 0) is 5.53 Å². The molecule has 0 aliphatic carbocycles. The number of nitrogens with zero attached hydrogens (tertiary/aromatic N) is 3. The van der Waals surface area contributed by atoms with Crippen molar-refractivity contribution < 1.29 is 20.1 Å². The lowest BCUT2D eigenvalue weighted by atomic mass is 9.99. The molecular formula is C6H11N3O4. The summed E-state index contributed by atoms with van der Waals surface area (Å²) in [5.41, 5.74) is 8.11. The molecule has 74 valence electrons. The molecule has 3 N–H and O–H groups in total. The third-order valence-corrected chi connectivity index (χ3v) is 1.99. The van der Waals surface area contributed by atoms with Crippen LogP contribution in [0.3, 0.4) is 0 Å². The third-order valence-electron chi connectivity index (χ3n) is 1.99. The molecule has 1 aliphatic heterocycles. The van der Waals surface area contributed by atoms with Crippen LogP contribution in [0.4, 0.5) is 0 Å². The monoisotopic (exact) mass is 189 g/mol. The molecule has 0 amide bonds. The first-order valence-corrected chi connectivity index (χ1v) is 3.83. The van der Waals surface area contributed by atoms with E-state index in [1.54, 1.807) is 0 Å². The number of aliphatic hydroxyl groups excluding tert-OH is 3. The highest BCUT2D eigenvalue weighted by Crippen LogP contribution is 2.17. The summed E-state index contributed by atoms with van der Waals surface area (Å²) in [6.07, 6.45) is -3.20. The van der Waals surface area contributed by atoms with Crippen LogP contribution < -0.4 is 0 Å². The summed E-state index contributed by atoms with van der Waals surface area (Å²) >= 11 is 0. The van der Waals surface area contributed by atoms with Gasteiger partial charge in [0.15, 0.2) is 0 Å². The van der Waals surface area contributed by atoms with Gasteiger partial charge in [0.1, 0.15) is 12.2 Å². The fraction of sp³-hybridized carbons (Fsp3) is 1.00. The van der Waals surface area contributed by atoms with Crippen molar-refractivity contribution in [3.63, 3.8) is 0 Å². The zero-order valence-electron chi connectivity index (χ0n) is 6.82. The van der Waals surface area contributed by atoms with Gasteiger partial charge in [0.2, 0.25) is 0 Å². The fourth-order valence-electron chi connectivity index (χ4n) is 1.20. The van der Waals surface area contributed by atoms with Gasteiger partial charge in [0.05, 0.1) is 25.4 Å². The average molecular weight is 189 g/mol. The summed E-state index contributed by atoms with van der Waals surface area (Å²) in [6, 6.07) is -0.789. The summed E-state index contributed by atoms with van der Waals surface area (Å²) in [6.45, 7) is -0.366. The van der Waals surface area contributed by atoms with E-state index in [1.807, 2.05) is 0 Å². The van der Waals surface area contributed by atoms with Gasteiger partial charge >= 0.3 is 0 Å². The predicted octanol–water partition coefficient (Wildman–Crippen LogP) is -1.22. The molecule has 0 unspecified atom stereocenters. The molecule has 0 aromatic heterocycles. The number of azide groups is 1. The van der Waals surface area contributed by atoms with Gasteiger partial charge in [0, 0.05) is 4.91 Å². The second kappa shape index (κ2) is 4.40. The van der Waals surface area contributed by atoms with E-state index >= 15 is 0 Å². The van der Waals surface area contributed by atoms with Crippen molar-refractivity contribution >= 4 is 0 Å². The van der Waals surface area contributed by atoms with Gasteiger partial charge in [-0.25, -0.2) is 0 Å². The molecule has 13 heavy (non-hydrogen) atoms. The first-order valence-electron chi connectivity index (χ1n) is 3.83. The molecule has 1 heterocycles. The maximum atomic E-state index is 9.36. The molecule has 1 fully saturated rings. The molecule has 1 saturated heterocycles. The lowest BCUT2D eigenvalue weighted by Crippen LogP contribution is -2.53. The topological polar surface area (TPSA) is 119 Å². The molecule has 0 bridgehead atoms. The SMILES string of the molecule is [N-]=[N+]=N[C@H]1CO[C@H](CO)[C@@H](O)[C@@H]1O. The molecule has 1 aliphatic rings. The number of hydrogen-bond acceptors (Lipinski definition) is 5. The Morgan fingerprint density at radius 1 is 1.46 bits per heavy atom. The van der Waals surface area contributed by atoms with Crippen molar-refractivity contribution in [3.05, 3.63) is 10.4 Å². The summed E-state index contributed by atoms with van der Waals surface area (Å²) < 4.78 is 4.95. The van der Waals surface area contributed by atoms with Gasteiger partial charge in [-0.2, -0.15) is 0 Å². The van der Waals surface area contributed by atoms with Crippen molar-refractivity contribution in [1.82, 2.24) is 0 Å². The largest absolute Gasteiger partial charge is 0.394 e. The maximum absolute atomic E-state index is 9.36. The normalized spacial score (nSPS) is 39.6. The number of ether oxygens (including phenoxy) is 1. The number of rotatable bonds is 2. The van der Waals surface area contributed by atoms with Crippen molar-refractivity contribution in [3.8, 4) is 0 Å².